The molecule has 0 aliphatic carbocycles. The number of para-hydroxylation sites is 1. The van der Waals surface area contributed by atoms with Gasteiger partial charge in [-0.3, -0.25) is 9.36 Å². The van der Waals surface area contributed by atoms with E-state index in [1.54, 1.807) is 0 Å². The van der Waals surface area contributed by atoms with E-state index in [1.165, 1.54) is 28.7 Å². The van der Waals surface area contributed by atoms with Crippen molar-refractivity contribution < 1.29 is 9.53 Å². The van der Waals surface area contributed by atoms with Crippen LogP contribution in [0.2, 0.25) is 0 Å². The standard InChI is InChI=1S/C25H27N5O2S2/c1-16(2)19-10-12-21(13-11-19)32-18(4)23-28-29-25(30(23)20-8-6-5-7-9-20)34-15-22(31)27-24-26-17(3)14-33-24/h5-14,16,18H,15H2,1-4H3,(H,26,27,31). The van der Waals surface area contributed by atoms with Crippen LogP contribution in [0.4, 0.5) is 5.13 Å². The summed E-state index contributed by atoms with van der Waals surface area (Å²) in [4.78, 5) is 16.7. The first kappa shape index (κ1) is 24.0. The third-order valence-corrected chi connectivity index (χ3v) is 6.90. The van der Waals surface area contributed by atoms with Gasteiger partial charge in [-0.15, -0.1) is 21.5 Å². The Bertz CT molecular complexity index is 1240. The summed E-state index contributed by atoms with van der Waals surface area (Å²) in [5.41, 5.74) is 3.05. The van der Waals surface area contributed by atoms with E-state index in [4.69, 9.17) is 4.74 Å². The molecule has 0 radical (unpaired) electrons. The molecule has 7 nitrogen and oxygen atoms in total. The molecule has 1 amide bonds. The van der Waals surface area contributed by atoms with Crippen molar-refractivity contribution in [3.63, 3.8) is 0 Å². The number of thioether (sulfide) groups is 1. The Morgan fingerprint density at radius 2 is 1.82 bits per heavy atom. The highest BCUT2D eigenvalue weighted by Crippen LogP contribution is 2.29. The van der Waals surface area contributed by atoms with Crippen LogP contribution in [0.15, 0.2) is 65.1 Å². The number of carbonyl (C=O) groups is 1. The second kappa shape index (κ2) is 10.8. The van der Waals surface area contributed by atoms with E-state index in [1.807, 2.05) is 66.3 Å². The SMILES string of the molecule is Cc1csc(NC(=O)CSc2nnc(C(C)Oc3ccc(C(C)C)cc3)n2-c2ccccc2)n1. The van der Waals surface area contributed by atoms with Gasteiger partial charge in [0.2, 0.25) is 5.91 Å². The monoisotopic (exact) mass is 493 g/mol. The number of nitrogens with zero attached hydrogens (tertiary/aromatic N) is 4. The van der Waals surface area contributed by atoms with Crippen molar-refractivity contribution in [1.29, 1.82) is 0 Å². The van der Waals surface area contributed by atoms with E-state index in [9.17, 15) is 4.79 Å². The van der Waals surface area contributed by atoms with Crippen LogP contribution in [0.3, 0.4) is 0 Å². The third kappa shape index (κ3) is 5.84. The minimum Gasteiger partial charge on any atom is -0.483 e. The minimum absolute atomic E-state index is 0.141. The second-order valence-electron chi connectivity index (χ2n) is 8.13. The number of hydrogen-bond donors (Lipinski definition) is 1. The van der Waals surface area contributed by atoms with Crippen LogP contribution in [0, 0.1) is 6.92 Å². The van der Waals surface area contributed by atoms with Crippen molar-refractivity contribution >= 4 is 34.1 Å². The van der Waals surface area contributed by atoms with Gasteiger partial charge in [0.1, 0.15) is 5.75 Å². The predicted octanol–water partition coefficient (Wildman–Crippen LogP) is 6.03. The molecule has 0 spiro atoms. The molecule has 1 N–H and O–H groups in total. The summed E-state index contributed by atoms with van der Waals surface area (Å²) >= 11 is 2.73. The van der Waals surface area contributed by atoms with Crippen LogP contribution >= 0.6 is 23.1 Å². The third-order valence-electron chi connectivity index (χ3n) is 5.09. The van der Waals surface area contributed by atoms with Crippen molar-refractivity contribution in [3.8, 4) is 11.4 Å². The Labute approximate surface area is 207 Å². The van der Waals surface area contributed by atoms with Crippen molar-refractivity contribution in [3.05, 3.63) is 77.1 Å². The molecule has 1 atom stereocenters. The summed E-state index contributed by atoms with van der Waals surface area (Å²) < 4.78 is 8.14. The zero-order valence-electron chi connectivity index (χ0n) is 19.6. The lowest BCUT2D eigenvalue weighted by Gasteiger charge is -2.17. The molecule has 2 heterocycles. The number of nitrogens with one attached hydrogen (secondary N) is 1. The molecule has 9 heteroatoms. The fraction of sp³-hybridized carbons (Fsp3) is 0.280. The van der Waals surface area contributed by atoms with Gasteiger partial charge >= 0.3 is 0 Å². The maximum Gasteiger partial charge on any atom is 0.236 e. The zero-order chi connectivity index (χ0) is 24.1. The Hall–Kier alpha value is -3.17. The number of aryl methyl sites for hydroxylation is 1. The summed E-state index contributed by atoms with van der Waals surface area (Å²) in [6, 6.07) is 18.0. The van der Waals surface area contributed by atoms with E-state index < -0.39 is 0 Å². The molecule has 0 saturated carbocycles. The minimum atomic E-state index is -0.348. The topological polar surface area (TPSA) is 81.9 Å². The lowest BCUT2D eigenvalue weighted by Crippen LogP contribution is -2.15. The highest BCUT2D eigenvalue weighted by atomic mass is 32.2. The summed E-state index contributed by atoms with van der Waals surface area (Å²) in [7, 11) is 0. The van der Waals surface area contributed by atoms with E-state index >= 15 is 0 Å². The first-order valence-electron chi connectivity index (χ1n) is 11.0. The van der Waals surface area contributed by atoms with E-state index in [-0.39, 0.29) is 17.8 Å². The van der Waals surface area contributed by atoms with Crippen LogP contribution in [0.5, 0.6) is 5.75 Å². The molecular weight excluding hydrogens is 466 g/mol. The number of benzene rings is 2. The number of thiazole rings is 1. The fourth-order valence-corrected chi connectivity index (χ4v) is 4.81. The molecule has 0 aliphatic heterocycles. The molecule has 2 aromatic heterocycles. The molecule has 176 valence electrons. The van der Waals surface area contributed by atoms with Gasteiger partial charge in [0.15, 0.2) is 22.2 Å². The quantitative estimate of drug-likeness (QED) is 0.287. The van der Waals surface area contributed by atoms with Crippen molar-refractivity contribution in [1.82, 2.24) is 19.7 Å². The van der Waals surface area contributed by atoms with E-state index in [0.717, 1.165) is 17.1 Å². The zero-order valence-corrected chi connectivity index (χ0v) is 21.2. The van der Waals surface area contributed by atoms with Crippen LogP contribution < -0.4 is 10.1 Å². The van der Waals surface area contributed by atoms with Crippen molar-refractivity contribution in [2.24, 2.45) is 0 Å². The van der Waals surface area contributed by atoms with Gasteiger partial charge in [0.25, 0.3) is 0 Å². The van der Waals surface area contributed by atoms with Crippen LogP contribution in [0.25, 0.3) is 5.69 Å². The van der Waals surface area contributed by atoms with Gasteiger partial charge in [0.05, 0.1) is 11.4 Å². The van der Waals surface area contributed by atoms with Crippen molar-refractivity contribution in [2.45, 2.75) is 44.9 Å². The van der Waals surface area contributed by atoms with Crippen LogP contribution in [0.1, 0.15) is 49.9 Å². The Morgan fingerprint density at radius 1 is 1.09 bits per heavy atom. The fourth-order valence-electron chi connectivity index (χ4n) is 3.34. The molecule has 0 fully saturated rings. The summed E-state index contributed by atoms with van der Waals surface area (Å²) in [5.74, 6) is 1.95. The number of ether oxygens (including phenoxy) is 1. The normalized spacial score (nSPS) is 12.0. The number of amides is 1. The van der Waals surface area contributed by atoms with Gasteiger partial charge in [-0.2, -0.15) is 0 Å². The van der Waals surface area contributed by atoms with Crippen LogP contribution in [-0.4, -0.2) is 31.4 Å². The molecule has 2 aromatic carbocycles. The smallest absolute Gasteiger partial charge is 0.236 e. The average molecular weight is 494 g/mol. The number of aromatic nitrogens is 4. The number of hydrogen-bond acceptors (Lipinski definition) is 7. The summed E-state index contributed by atoms with van der Waals surface area (Å²) in [6.07, 6.45) is -0.348. The Balaban J connectivity index is 1.52. The largest absolute Gasteiger partial charge is 0.483 e. The molecule has 0 saturated heterocycles. The van der Waals surface area contributed by atoms with Gasteiger partial charge in [-0.05, 0) is 49.6 Å². The Kier molecular flexibility index (Phi) is 7.64. The average Bonchev–Trinajstić information content (AvgIpc) is 3.44. The molecule has 0 bridgehead atoms. The number of rotatable bonds is 9. The maximum atomic E-state index is 12.5. The Morgan fingerprint density at radius 3 is 2.47 bits per heavy atom. The predicted molar refractivity (Wildman–Crippen MR) is 137 cm³/mol. The summed E-state index contributed by atoms with van der Waals surface area (Å²) in [5, 5.41) is 14.8. The lowest BCUT2D eigenvalue weighted by molar-refractivity contribution is -0.113. The number of carbonyl (C=O) groups excluding carboxylic acids is 1. The maximum absolute atomic E-state index is 12.5. The lowest BCUT2D eigenvalue weighted by atomic mass is 10.0. The van der Waals surface area contributed by atoms with Gasteiger partial charge in [-0.25, -0.2) is 4.98 Å². The highest BCUT2D eigenvalue weighted by Gasteiger charge is 2.22. The highest BCUT2D eigenvalue weighted by molar-refractivity contribution is 7.99. The molecule has 0 aliphatic rings. The van der Waals surface area contributed by atoms with Gasteiger partial charge < -0.3 is 10.1 Å². The molecule has 34 heavy (non-hydrogen) atoms. The first-order chi connectivity index (χ1) is 16.4. The first-order valence-corrected chi connectivity index (χ1v) is 12.9. The molecule has 1 unspecified atom stereocenters. The molecule has 4 aromatic rings. The summed E-state index contributed by atoms with van der Waals surface area (Å²) in [6.45, 7) is 8.18. The molecular formula is C25H27N5O2S2. The molecule has 4 rings (SSSR count). The van der Waals surface area contributed by atoms with Gasteiger partial charge in [0, 0.05) is 11.1 Å². The number of anilines is 1. The van der Waals surface area contributed by atoms with Gasteiger partial charge in [-0.1, -0.05) is 55.9 Å². The van der Waals surface area contributed by atoms with Crippen molar-refractivity contribution in [2.75, 3.05) is 11.1 Å². The van der Waals surface area contributed by atoms with E-state index in [2.05, 4.69) is 46.5 Å². The van der Waals surface area contributed by atoms with Crippen LogP contribution in [-0.2, 0) is 4.79 Å². The van der Waals surface area contributed by atoms with E-state index in [0.29, 0.717) is 22.0 Å². The second-order valence-corrected chi connectivity index (χ2v) is 9.93.